The Morgan fingerprint density at radius 2 is 1.94 bits per heavy atom. The minimum absolute atomic E-state index is 0.188. The Hall–Kier alpha value is -2.12. The van der Waals surface area contributed by atoms with Gasteiger partial charge >= 0.3 is 18.1 Å². The number of carbonyl (C=O) groups excluding carboxylic acids is 1. The molecule has 0 fully saturated rings. The first-order valence-corrected chi connectivity index (χ1v) is 4.87. The highest BCUT2D eigenvalue weighted by molar-refractivity contribution is 5.85. The Kier molecular flexibility index (Phi) is 2.72. The van der Waals surface area contributed by atoms with Crippen molar-refractivity contribution >= 4 is 11.9 Å². The van der Waals surface area contributed by atoms with Gasteiger partial charge in [-0.25, -0.2) is 9.78 Å². The molecular weight excluding hydrogens is 253 g/mol. The lowest BCUT2D eigenvalue weighted by Gasteiger charge is -2.16. The zero-order valence-electron chi connectivity index (χ0n) is 8.86. The maximum Gasteiger partial charge on any atom is 0.471 e. The smallest absolute Gasteiger partial charge is 0.471 e. The molecule has 1 amide bonds. The van der Waals surface area contributed by atoms with E-state index in [-0.39, 0.29) is 24.5 Å². The van der Waals surface area contributed by atoms with Crippen LogP contribution in [0.3, 0.4) is 0 Å². The average molecular weight is 260 g/mol. The van der Waals surface area contributed by atoms with Crippen LogP contribution in [0, 0.1) is 0 Å². The number of nitrogens with zero attached hydrogens (tertiary/aromatic N) is 2. The summed E-state index contributed by atoms with van der Waals surface area (Å²) in [6.45, 7) is -0.532. The number of pyridine rings is 1. The second-order valence-electron chi connectivity index (χ2n) is 3.77. The fourth-order valence-electron chi connectivity index (χ4n) is 1.70. The van der Waals surface area contributed by atoms with E-state index in [4.69, 9.17) is 5.11 Å². The second-order valence-corrected chi connectivity index (χ2v) is 3.77. The Morgan fingerprint density at radius 1 is 1.28 bits per heavy atom. The van der Waals surface area contributed by atoms with Crippen LogP contribution in [0.5, 0.6) is 0 Å². The van der Waals surface area contributed by atoms with Crippen LogP contribution in [0.1, 0.15) is 21.7 Å². The maximum absolute atomic E-state index is 12.2. The number of carboxylic acids is 1. The molecule has 8 heteroatoms. The third kappa shape index (κ3) is 2.13. The normalized spacial score (nSPS) is 14.5. The summed E-state index contributed by atoms with van der Waals surface area (Å²) in [5.74, 6) is -3.21. The van der Waals surface area contributed by atoms with Crippen LogP contribution in [0.2, 0.25) is 0 Å². The number of aromatic nitrogens is 1. The van der Waals surface area contributed by atoms with Gasteiger partial charge < -0.3 is 10.0 Å². The summed E-state index contributed by atoms with van der Waals surface area (Å²) in [5.41, 5.74) is 0.361. The molecule has 1 aliphatic rings. The third-order valence-electron chi connectivity index (χ3n) is 2.52. The molecule has 0 saturated carbocycles. The molecule has 0 atom stereocenters. The van der Waals surface area contributed by atoms with E-state index in [1.807, 2.05) is 0 Å². The summed E-state index contributed by atoms with van der Waals surface area (Å²) in [5, 5.41) is 8.70. The van der Waals surface area contributed by atoms with Gasteiger partial charge in [0.15, 0.2) is 0 Å². The first-order chi connectivity index (χ1) is 8.29. The molecule has 0 spiro atoms. The minimum Gasteiger partial charge on any atom is -0.477 e. The SMILES string of the molecule is O=C(O)c1ccc2c(n1)CN(C(=O)C(F)(F)F)C2. The van der Waals surface area contributed by atoms with Crippen LogP contribution in [0.15, 0.2) is 12.1 Å². The van der Waals surface area contributed by atoms with E-state index in [0.29, 0.717) is 10.5 Å². The molecule has 1 aliphatic heterocycles. The topological polar surface area (TPSA) is 70.5 Å². The largest absolute Gasteiger partial charge is 0.477 e. The number of carbonyl (C=O) groups is 2. The van der Waals surface area contributed by atoms with Crippen molar-refractivity contribution in [2.75, 3.05) is 0 Å². The predicted molar refractivity (Wildman–Crippen MR) is 51.5 cm³/mol. The number of fused-ring (bicyclic) bond motifs is 1. The number of rotatable bonds is 1. The van der Waals surface area contributed by atoms with Crippen molar-refractivity contribution in [1.29, 1.82) is 0 Å². The molecule has 0 radical (unpaired) electrons. The van der Waals surface area contributed by atoms with E-state index in [0.717, 1.165) is 0 Å². The van der Waals surface area contributed by atoms with Crippen molar-refractivity contribution in [2.24, 2.45) is 0 Å². The fourth-order valence-corrected chi connectivity index (χ4v) is 1.70. The molecule has 0 unspecified atom stereocenters. The van der Waals surface area contributed by atoms with Crippen LogP contribution in [0.4, 0.5) is 13.2 Å². The quantitative estimate of drug-likeness (QED) is 0.823. The lowest BCUT2D eigenvalue weighted by Crippen LogP contribution is -2.37. The van der Waals surface area contributed by atoms with Crippen LogP contribution in [-0.2, 0) is 17.9 Å². The molecule has 0 aromatic carbocycles. The molecule has 0 aliphatic carbocycles. The van der Waals surface area contributed by atoms with E-state index < -0.39 is 18.1 Å². The fraction of sp³-hybridized carbons (Fsp3) is 0.300. The zero-order valence-corrected chi connectivity index (χ0v) is 8.86. The molecule has 0 saturated heterocycles. The van der Waals surface area contributed by atoms with Crippen molar-refractivity contribution in [3.8, 4) is 0 Å². The zero-order chi connectivity index (χ0) is 13.5. The minimum atomic E-state index is -4.93. The van der Waals surface area contributed by atoms with Crippen molar-refractivity contribution in [2.45, 2.75) is 19.3 Å². The molecule has 1 aromatic rings. The summed E-state index contributed by atoms with van der Waals surface area (Å²) in [7, 11) is 0. The Morgan fingerprint density at radius 3 is 2.50 bits per heavy atom. The van der Waals surface area contributed by atoms with Crippen molar-refractivity contribution in [1.82, 2.24) is 9.88 Å². The predicted octanol–water partition coefficient (Wildman–Crippen LogP) is 1.18. The second kappa shape index (κ2) is 3.97. The highest BCUT2D eigenvalue weighted by Gasteiger charge is 2.44. The average Bonchev–Trinajstić information content (AvgIpc) is 2.68. The van der Waals surface area contributed by atoms with E-state index in [1.54, 1.807) is 0 Å². The molecule has 2 heterocycles. The van der Waals surface area contributed by atoms with Gasteiger partial charge in [0.05, 0.1) is 12.2 Å². The Bertz CT molecular complexity index is 528. The molecule has 2 rings (SSSR count). The van der Waals surface area contributed by atoms with Crippen molar-refractivity contribution in [3.05, 3.63) is 29.1 Å². The van der Waals surface area contributed by atoms with Gasteiger partial charge in [-0.1, -0.05) is 6.07 Å². The van der Waals surface area contributed by atoms with E-state index in [9.17, 15) is 22.8 Å². The third-order valence-corrected chi connectivity index (χ3v) is 2.52. The summed E-state index contributed by atoms with van der Waals surface area (Å²) in [4.78, 5) is 26.0. The van der Waals surface area contributed by atoms with Crippen molar-refractivity contribution in [3.63, 3.8) is 0 Å². The van der Waals surface area contributed by atoms with Crippen LogP contribution in [0.25, 0.3) is 0 Å². The lowest BCUT2D eigenvalue weighted by molar-refractivity contribution is -0.186. The molecule has 1 aromatic heterocycles. The van der Waals surface area contributed by atoms with E-state index in [2.05, 4.69) is 4.98 Å². The van der Waals surface area contributed by atoms with Gasteiger partial charge in [0.1, 0.15) is 5.69 Å². The number of alkyl halides is 3. The molecule has 5 nitrogen and oxygen atoms in total. The van der Waals surface area contributed by atoms with Gasteiger partial charge in [0, 0.05) is 6.54 Å². The summed E-state index contributed by atoms with van der Waals surface area (Å²) < 4.78 is 36.7. The summed E-state index contributed by atoms with van der Waals surface area (Å²) in [6.07, 6.45) is -4.93. The van der Waals surface area contributed by atoms with Gasteiger partial charge in [-0.2, -0.15) is 13.2 Å². The number of hydrogen-bond donors (Lipinski definition) is 1. The van der Waals surface area contributed by atoms with Gasteiger partial charge in [-0.05, 0) is 11.6 Å². The van der Waals surface area contributed by atoms with Crippen LogP contribution in [-0.4, -0.2) is 33.0 Å². The van der Waals surface area contributed by atoms with E-state index in [1.165, 1.54) is 12.1 Å². The summed E-state index contributed by atoms with van der Waals surface area (Å²) in [6, 6.07) is 2.57. The summed E-state index contributed by atoms with van der Waals surface area (Å²) >= 11 is 0. The number of carboxylic acid groups (broad SMARTS) is 1. The van der Waals surface area contributed by atoms with Gasteiger partial charge in [-0.15, -0.1) is 0 Å². The highest BCUT2D eigenvalue weighted by atomic mass is 19.4. The molecule has 18 heavy (non-hydrogen) atoms. The molecule has 1 N–H and O–H groups in total. The monoisotopic (exact) mass is 260 g/mol. The lowest BCUT2D eigenvalue weighted by atomic mass is 10.2. The molecule has 0 bridgehead atoms. The number of halogens is 3. The van der Waals surface area contributed by atoms with E-state index >= 15 is 0 Å². The number of aromatic carboxylic acids is 1. The molecular formula is C10H7F3N2O3. The Balaban J connectivity index is 2.23. The van der Waals surface area contributed by atoms with Crippen LogP contribution < -0.4 is 0 Å². The standard InChI is InChI=1S/C10H7F3N2O3/c11-10(12,13)9(18)15-3-5-1-2-6(8(16)17)14-7(5)4-15/h1-2H,3-4H2,(H,16,17). The van der Waals surface area contributed by atoms with Gasteiger partial charge in [0.2, 0.25) is 0 Å². The number of hydrogen-bond acceptors (Lipinski definition) is 3. The van der Waals surface area contributed by atoms with Gasteiger partial charge in [0.25, 0.3) is 0 Å². The van der Waals surface area contributed by atoms with Crippen molar-refractivity contribution < 1.29 is 27.9 Å². The first-order valence-electron chi connectivity index (χ1n) is 4.87. The maximum atomic E-state index is 12.2. The molecule has 96 valence electrons. The van der Waals surface area contributed by atoms with Crippen LogP contribution >= 0.6 is 0 Å². The highest BCUT2D eigenvalue weighted by Crippen LogP contribution is 2.27. The number of amides is 1. The van der Waals surface area contributed by atoms with Gasteiger partial charge in [-0.3, -0.25) is 4.79 Å². The first kappa shape index (κ1) is 12.3. The Labute approximate surface area is 98.8 Å².